The zero-order valence-electron chi connectivity index (χ0n) is 17.0. The van der Waals surface area contributed by atoms with E-state index in [-0.39, 0.29) is 11.8 Å². The lowest BCUT2D eigenvalue weighted by atomic mass is 10.2. The smallest absolute Gasteiger partial charge is 0.326 e. The van der Waals surface area contributed by atoms with Gasteiger partial charge in [0.2, 0.25) is 5.89 Å². The van der Waals surface area contributed by atoms with Crippen LogP contribution in [-0.4, -0.2) is 38.8 Å². The maximum absolute atomic E-state index is 12.6. The van der Waals surface area contributed by atoms with E-state index in [1.807, 2.05) is 37.3 Å². The monoisotopic (exact) mass is 438 g/mol. The Morgan fingerprint density at radius 2 is 2.03 bits per heavy atom. The lowest BCUT2D eigenvalue weighted by molar-refractivity contribution is -0.141. The second-order valence-corrected chi connectivity index (χ2v) is 8.23. The van der Waals surface area contributed by atoms with Crippen LogP contribution in [0.25, 0.3) is 11.5 Å². The number of likely N-dealkylation sites (tertiary alicyclic amines) is 1. The highest BCUT2D eigenvalue weighted by Crippen LogP contribution is 2.30. The number of carbonyl (C=O) groups is 2. The summed E-state index contributed by atoms with van der Waals surface area (Å²) >= 11 is 1.01. The number of carboxylic acids is 1. The maximum Gasteiger partial charge on any atom is 0.326 e. The van der Waals surface area contributed by atoms with E-state index in [1.165, 1.54) is 4.90 Å². The summed E-state index contributed by atoms with van der Waals surface area (Å²) in [4.78, 5) is 30.5. The first-order valence-electron chi connectivity index (χ1n) is 9.97. The first-order chi connectivity index (χ1) is 15.0. The Labute approximate surface area is 184 Å². The molecule has 0 spiro atoms. The molecule has 7 nitrogen and oxygen atoms in total. The minimum atomic E-state index is -0.957. The molecule has 1 atom stereocenters. The van der Waals surface area contributed by atoms with Crippen LogP contribution in [0.15, 0.2) is 63.9 Å². The molecule has 1 saturated heterocycles. The van der Waals surface area contributed by atoms with Crippen LogP contribution in [0.4, 0.5) is 4.79 Å². The number of thioether (sulfide) groups is 1. The summed E-state index contributed by atoms with van der Waals surface area (Å²) in [5, 5.41) is 9.02. The zero-order chi connectivity index (χ0) is 21.8. The molecule has 1 amide bonds. The van der Waals surface area contributed by atoms with Crippen LogP contribution in [0, 0.1) is 6.92 Å². The van der Waals surface area contributed by atoms with Crippen molar-refractivity contribution in [1.29, 1.82) is 0 Å². The van der Waals surface area contributed by atoms with E-state index < -0.39 is 12.0 Å². The maximum atomic E-state index is 12.6. The summed E-state index contributed by atoms with van der Waals surface area (Å²) < 4.78 is 11.6. The van der Waals surface area contributed by atoms with E-state index in [9.17, 15) is 14.7 Å². The predicted octanol–water partition coefficient (Wildman–Crippen LogP) is 4.99. The van der Waals surface area contributed by atoms with Gasteiger partial charge in [0.25, 0.3) is 5.24 Å². The van der Waals surface area contributed by atoms with E-state index >= 15 is 0 Å². The number of carboxylic acid groups (broad SMARTS) is 1. The van der Waals surface area contributed by atoms with Gasteiger partial charge < -0.3 is 19.2 Å². The van der Waals surface area contributed by atoms with Crippen molar-refractivity contribution in [2.45, 2.75) is 37.3 Å². The van der Waals surface area contributed by atoms with Crippen molar-refractivity contribution in [1.82, 2.24) is 9.88 Å². The summed E-state index contributed by atoms with van der Waals surface area (Å²) in [6.45, 7) is 2.55. The fraction of sp³-hybridized carbons (Fsp3) is 0.261. The van der Waals surface area contributed by atoms with Crippen LogP contribution in [0.2, 0.25) is 0 Å². The number of amides is 1. The number of hydrogen-bond acceptors (Lipinski definition) is 6. The van der Waals surface area contributed by atoms with Crippen LogP contribution >= 0.6 is 11.8 Å². The molecule has 160 valence electrons. The predicted molar refractivity (Wildman–Crippen MR) is 116 cm³/mol. The Kier molecular flexibility index (Phi) is 6.27. The Morgan fingerprint density at radius 1 is 1.23 bits per heavy atom. The second kappa shape index (κ2) is 9.26. The standard InChI is InChI=1S/C23H22N2O5S/c1-15-19(24-21(30-15)16-7-3-2-4-8-16)14-29-17-9-5-10-18(13-17)31-23(28)25-12-6-11-20(25)22(26)27/h2-5,7-10,13,20H,6,11-12,14H2,1H3,(H,26,27). The summed E-state index contributed by atoms with van der Waals surface area (Å²) in [6, 6.07) is 16.1. The van der Waals surface area contributed by atoms with Gasteiger partial charge in [-0.05, 0) is 61.9 Å². The largest absolute Gasteiger partial charge is 0.487 e. The van der Waals surface area contributed by atoms with E-state index in [0.29, 0.717) is 47.4 Å². The molecule has 2 aromatic carbocycles. The third kappa shape index (κ3) is 4.91. The number of aromatic nitrogens is 1. The van der Waals surface area contributed by atoms with Gasteiger partial charge in [-0.25, -0.2) is 9.78 Å². The number of aliphatic carboxylic acids is 1. The van der Waals surface area contributed by atoms with E-state index in [4.69, 9.17) is 9.15 Å². The topological polar surface area (TPSA) is 92.9 Å². The molecule has 0 saturated carbocycles. The molecule has 0 bridgehead atoms. The minimum Gasteiger partial charge on any atom is -0.487 e. The van der Waals surface area contributed by atoms with Crippen LogP contribution in [0.5, 0.6) is 5.75 Å². The average molecular weight is 439 g/mol. The molecule has 2 heterocycles. The van der Waals surface area contributed by atoms with E-state index in [1.54, 1.807) is 24.3 Å². The Hall–Kier alpha value is -3.26. The number of benzene rings is 2. The zero-order valence-corrected chi connectivity index (χ0v) is 17.8. The van der Waals surface area contributed by atoms with Crippen molar-refractivity contribution in [3.05, 3.63) is 66.1 Å². The summed E-state index contributed by atoms with van der Waals surface area (Å²) in [5.74, 6) is 0.873. The van der Waals surface area contributed by atoms with Crippen LogP contribution in [0.1, 0.15) is 24.3 Å². The molecule has 8 heteroatoms. The number of oxazole rings is 1. The molecular weight excluding hydrogens is 416 g/mol. The SMILES string of the molecule is Cc1oc(-c2ccccc2)nc1COc1cccc(SC(=O)N2CCCC2C(=O)O)c1. The number of hydrogen-bond donors (Lipinski definition) is 1. The van der Waals surface area contributed by atoms with E-state index in [2.05, 4.69) is 4.98 Å². The first kappa shape index (κ1) is 21.0. The van der Waals surface area contributed by atoms with Gasteiger partial charge in [0.05, 0.1) is 0 Å². The molecule has 1 aromatic heterocycles. The van der Waals surface area contributed by atoms with Crippen LogP contribution in [0.3, 0.4) is 0 Å². The van der Waals surface area contributed by atoms with Gasteiger partial charge in [-0.1, -0.05) is 24.3 Å². The average Bonchev–Trinajstić information content (AvgIpc) is 3.40. The molecule has 1 N–H and O–H groups in total. The third-order valence-electron chi connectivity index (χ3n) is 5.07. The second-order valence-electron chi connectivity index (χ2n) is 7.21. The van der Waals surface area contributed by atoms with Gasteiger partial charge in [0.1, 0.15) is 29.9 Å². The molecule has 0 aliphatic carbocycles. The van der Waals surface area contributed by atoms with Gasteiger partial charge in [-0.3, -0.25) is 4.79 Å². The normalized spacial score (nSPS) is 15.8. The van der Waals surface area contributed by atoms with Crippen LogP contribution < -0.4 is 4.74 Å². The Balaban J connectivity index is 1.40. The van der Waals surface area contributed by atoms with Crippen molar-refractivity contribution in [3.8, 4) is 17.2 Å². The molecule has 1 aliphatic heterocycles. The molecule has 1 aliphatic rings. The molecule has 3 aromatic rings. The molecule has 1 fully saturated rings. The lowest BCUT2D eigenvalue weighted by Gasteiger charge is -2.20. The molecule has 1 unspecified atom stereocenters. The van der Waals surface area contributed by atoms with Gasteiger partial charge in [0, 0.05) is 17.0 Å². The molecule has 0 radical (unpaired) electrons. The fourth-order valence-corrected chi connectivity index (χ4v) is 4.31. The number of ether oxygens (including phenoxy) is 1. The Bertz CT molecular complexity index is 1080. The van der Waals surface area contributed by atoms with Crippen LogP contribution in [-0.2, 0) is 11.4 Å². The third-order valence-corrected chi connectivity index (χ3v) is 5.97. The van der Waals surface area contributed by atoms with Gasteiger partial charge in [-0.2, -0.15) is 0 Å². The molecular formula is C23H22N2O5S. The molecule has 4 rings (SSSR count). The number of rotatable bonds is 6. The highest BCUT2D eigenvalue weighted by atomic mass is 32.2. The van der Waals surface area contributed by atoms with Crippen molar-refractivity contribution < 1.29 is 23.8 Å². The Morgan fingerprint density at radius 3 is 2.81 bits per heavy atom. The highest BCUT2D eigenvalue weighted by molar-refractivity contribution is 8.13. The van der Waals surface area contributed by atoms with Crippen molar-refractivity contribution in [2.75, 3.05) is 6.54 Å². The summed E-state index contributed by atoms with van der Waals surface area (Å²) in [7, 11) is 0. The fourth-order valence-electron chi connectivity index (χ4n) is 3.45. The van der Waals surface area contributed by atoms with E-state index in [0.717, 1.165) is 17.3 Å². The highest BCUT2D eigenvalue weighted by Gasteiger charge is 2.34. The lowest BCUT2D eigenvalue weighted by Crippen LogP contribution is -2.38. The number of carbonyl (C=O) groups excluding carboxylic acids is 1. The summed E-state index contributed by atoms with van der Waals surface area (Å²) in [5.41, 5.74) is 1.60. The van der Waals surface area contributed by atoms with Crippen molar-refractivity contribution in [3.63, 3.8) is 0 Å². The van der Waals surface area contributed by atoms with Gasteiger partial charge in [0.15, 0.2) is 0 Å². The quantitative estimate of drug-likeness (QED) is 0.542. The number of nitrogens with zero attached hydrogens (tertiary/aromatic N) is 2. The summed E-state index contributed by atoms with van der Waals surface area (Å²) in [6.07, 6.45) is 1.20. The van der Waals surface area contributed by atoms with Crippen molar-refractivity contribution in [2.24, 2.45) is 0 Å². The van der Waals surface area contributed by atoms with Gasteiger partial charge in [-0.15, -0.1) is 0 Å². The molecule has 31 heavy (non-hydrogen) atoms. The minimum absolute atomic E-state index is 0.234. The number of aryl methyl sites for hydroxylation is 1. The first-order valence-corrected chi connectivity index (χ1v) is 10.8. The van der Waals surface area contributed by atoms with Gasteiger partial charge >= 0.3 is 5.97 Å². The van der Waals surface area contributed by atoms with Crippen molar-refractivity contribution >= 4 is 23.0 Å².